The number of esters is 1. The van der Waals surface area contributed by atoms with Crippen LogP contribution in [0.1, 0.15) is 53.0 Å². The van der Waals surface area contributed by atoms with Gasteiger partial charge in [0.2, 0.25) is 23.7 Å². The molecule has 44 heteroatoms. The molecule has 0 radical (unpaired) electrons. The molecule has 0 spiro atoms. The van der Waals surface area contributed by atoms with Gasteiger partial charge in [0.25, 0.3) is 26.0 Å². The first kappa shape index (κ1) is 77.4. The van der Waals surface area contributed by atoms with Gasteiger partial charge in [0.15, 0.2) is 10.8 Å². The number of aromatic nitrogens is 9. The molecule has 0 aliphatic carbocycles. The number of anilines is 2. The molecule has 1 atom stereocenters. The predicted molar refractivity (Wildman–Crippen MR) is 309 cm³/mol. The number of nitrogens with zero attached hydrogens (tertiary/aromatic N) is 10. The van der Waals surface area contributed by atoms with Crippen molar-refractivity contribution in [3.63, 3.8) is 0 Å². The van der Waals surface area contributed by atoms with Gasteiger partial charge in [-0.2, -0.15) is 60.0 Å². The summed E-state index contributed by atoms with van der Waals surface area (Å²) in [6.07, 6.45) is -5.72. The number of aliphatic carboxylic acids is 1. The molecule has 5 amide bonds. The molecule has 0 saturated carbocycles. The number of ether oxygens (including phenoxy) is 4. The van der Waals surface area contributed by atoms with E-state index in [4.69, 9.17) is 57.0 Å². The first-order chi connectivity index (χ1) is 42.8. The van der Waals surface area contributed by atoms with Crippen molar-refractivity contribution >= 4 is 92.6 Å². The number of methoxy groups -OCH3 is 3. The van der Waals surface area contributed by atoms with E-state index in [1.807, 2.05) is 0 Å². The smallest absolute Gasteiger partial charge is 0.389 e. The molecule has 6 aromatic rings. The fraction of sp³-hybridized carbons (Fsp3) is 0.354. The van der Waals surface area contributed by atoms with E-state index in [2.05, 4.69) is 51.0 Å². The molecule has 0 bridgehead atoms. The van der Waals surface area contributed by atoms with Crippen molar-refractivity contribution in [3.05, 3.63) is 110 Å². The molecule has 0 fully saturated rings. The number of rotatable bonds is 22. The zero-order valence-corrected chi connectivity index (χ0v) is 52.9. The third-order valence-electron chi connectivity index (χ3n) is 10.6. The number of urea groups is 2. The van der Waals surface area contributed by atoms with Crippen molar-refractivity contribution < 1.29 is 106 Å². The molecule has 33 nitrogen and oxygen atoms in total. The largest absolute Gasteiger partial charge is 0.481 e. The molecule has 8 N–H and O–H groups in total. The maximum absolute atomic E-state index is 14.2. The highest BCUT2D eigenvalue weighted by atomic mass is 35.5. The highest BCUT2D eigenvalue weighted by Crippen LogP contribution is 2.32. The number of carboxylic acid groups (broad SMARTS) is 1. The summed E-state index contributed by atoms with van der Waals surface area (Å²) < 4.78 is 161. The zero-order valence-electron chi connectivity index (χ0n) is 48.9. The summed E-state index contributed by atoms with van der Waals surface area (Å²) in [5, 5.41) is 16.2. The van der Waals surface area contributed by atoms with E-state index in [1.54, 1.807) is 16.4 Å². The Morgan fingerprint density at radius 2 is 1.41 bits per heavy atom. The number of aryl methyl sites for hydroxylation is 3. The van der Waals surface area contributed by atoms with Gasteiger partial charge in [-0.15, -0.1) is 16.7 Å². The van der Waals surface area contributed by atoms with Gasteiger partial charge in [-0.1, -0.05) is 29.8 Å². The van der Waals surface area contributed by atoms with Crippen LogP contribution in [0.3, 0.4) is 0 Å². The molecule has 504 valence electrons. The van der Waals surface area contributed by atoms with E-state index < -0.39 is 123 Å². The van der Waals surface area contributed by atoms with E-state index in [0.717, 1.165) is 18.2 Å². The maximum Gasteiger partial charge on any atom is 0.389 e. The van der Waals surface area contributed by atoms with Crippen molar-refractivity contribution in [1.29, 1.82) is 0 Å². The van der Waals surface area contributed by atoms with Gasteiger partial charge in [0.1, 0.15) is 22.7 Å². The predicted octanol–water partition coefficient (Wildman–Crippen LogP) is 4.33. The van der Waals surface area contributed by atoms with Crippen molar-refractivity contribution in [1.82, 2.24) is 63.9 Å². The second-order valence-electron chi connectivity index (χ2n) is 17.7. The number of halogens is 8. The van der Waals surface area contributed by atoms with Crippen LogP contribution < -0.4 is 45.3 Å². The summed E-state index contributed by atoms with van der Waals surface area (Å²) in [5.41, 5.74) is -1.63. The average molecular weight is 1410 g/mol. The number of carboxylic acids is 1. The van der Waals surface area contributed by atoms with Crippen LogP contribution in [0.25, 0.3) is 5.69 Å². The topological polar surface area (TPSA) is 449 Å². The van der Waals surface area contributed by atoms with Crippen LogP contribution in [0, 0.1) is 19.7 Å². The Hall–Kier alpha value is -8.86. The van der Waals surface area contributed by atoms with E-state index >= 15 is 0 Å². The lowest BCUT2D eigenvalue weighted by molar-refractivity contribution is -0.142. The lowest BCUT2D eigenvalue weighted by atomic mass is 10.1. The molecule has 0 aliphatic rings. The van der Waals surface area contributed by atoms with Crippen molar-refractivity contribution in [2.75, 3.05) is 65.5 Å². The Bertz CT molecular complexity index is 3930. The first-order valence-corrected chi connectivity index (χ1v) is 30.8. The molecule has 92 heavy (non-hydrogen) atoms. The quantitative estimate of drug-likeness (QED) is 0.0203. The Morgan fingerprint density at radius 1 is 0.826 bits per heavy atom. The Morgan fingerprint density at radius 3 is 1.93 bits per heavy atom. The van der Waals surface area contributed by atoms with Gasteiger partial charge < -0.3 is 38.7 Å². The van der Waals surface area contributed by atoms with E-state index in [9.17, 15) is 76.5 Å². The van der Waals surface area contributed by atoms with Crippen molar-refractivity contribution in [3.8, 4) is 23.5 Å². The highest BCUT2D eigenvalue weighted by Gasteiger charge is 2.31. The third-order valence-corrected chi connectivity index (χ3v) is 14.6. The van der Waals surface area contributed by atoms with Gasteiger partial charge in [0, 0.05) is 38.2 Å². The Labute approximate surface area is 527 Å². The number of carbonyl (C=O) groups is 5. The molecular weight excluding hydrogens is 1350 g/mol. The second kappa shape index (κ2) is 34.5. The SMILES string of the molecule is CCOC(=O)C(Cl)Cc1cc(-n2nc(C)n(C(F)F)c2=O)c(F)cc1Cl.COc1cc(OC)nc(NC(=O)NS(=O)(=O)c2ncccc2C(=O)N(C)C)n1.COc1nc(C)nc(NC(=O)NS(=O)(=O)c2ccccc2CCC(F)(F)F)n1.O=C(O)CNCP(=O)(O)O. The van der Waals surface area contributed by atoms with Crippen LogP contribution in [0.2, 0.25) is 5.02 Å². The van der Waals surface area contributed by atoms with Crippen LogP contribution in [0.4, 0.5) is 47.8 Å². The molecule has 6 rings (SSSR count). The monoisotopic (exact) mass is 1410 g/mol. The number of carbonyl (C=O) groups excluding carboxylic acids is 4. The number of alkyl halides is 6. The summed E-state index contributed by atoms with van der Waals surface area (Å²) in [6, 6.07) is 8.74. The minimum atomic E-state index is -4.46. The molecule has 4 heterocycles. The molecule has 2 aromatic carbocycles. The fourth-order valence-corrected chi connectivity index (χ4v) is 9.78. The lowest BCUT2D eigenvalue weighted by Gasteiger charge is -2.14. The van der Waals surface area contributed by atoms with Gasteiger partial charge in [-0.3, -0.25) is 34.9 Å². The molecule has 1 unspecified atom stereocenters. The number of amides is 5. The number of hydrogen-bond donors (Lipinski definition) is 8. The second-order valence-corrected chi connectivity index (χ2v) is 23.5. The van der Waals surface area contributed by atoms with E-state index in [1.165, 1.54) is 96.8 Å². The van der Waals surface area contributed by atoms with Crippen LogP contribution in [0.15, 0.2) is 75.5 Å². The zero-order chi connectivity index (χ0) is 69.6. The number of sulfonamides is 2. The van der Waals surface area contributed by atoms with Crippen LogP contribution >= 0.6 is 30.8 Å². The number of nitrogens with one attached hydrogen (secondary N) is 5. The molecular formula is C48H56Cl2F6N15O18PS2. The fourth-order valence-electron chi connectivity index (χ4n) is 6.71. The first-order valence-electron chi connectivity index (χ1n) is 25.2. The standard InChI is InChI=1S/C15H14Cl2F3N3O3.C15H16F3N5O4S.C15H18N6O6S.C3H8NO5P/c1-3-26-13(24)10(17)4-8-5-12(11(18)6-9(8)16)23-15(25)22(14(19)20)7(2)21-23;1-9-19-12(22-14(20-9)27-2)21-13(24)23-28(25,26)11-6-4-3-5-10(11)7-8-15(16,17)18;1-21(2)13(22)9-6-5-7-16-12(9)28(24,25)20-15(23)19-14-17-10(26-3)8-11(18-14)27-4;5-3(6)1-4-2-10(7,8)9/h5-6,10,14H,3-4H2,1-2H3;3-6H,7-8H2,1-2H3,(H2,19,20,21,22,23,24);5-8H,1-4H3,(H2,17,18,19,20,23);4H,1-2H2,(H,5,6)(H2,7,8,9). The summed E-state index contributed by atoms with van der Waals surface area (Å²) in [6.45, 7) is 0.866. The maximum atomic E-state index is 14.2. The summed E-state index contributed by atoms with van der Waals surface area (Å²) >= 11 is 11.9. The molecule has 0 saturated heterocycles. The molecule has 4 aromatic heterocycles. The highest BCUT2D eigenvalue weighted by molar-refractivity contribution is 7.90. The van der Waals surface area contributed by atoms with Gasteiger partial charge >= 0.3 is 56.0 Å². The van der Waals surface area contributed by atoms with Crippen LogP contribution in [-0.2, 0) is 51.8 Å². The van der Waals surface area contributed by atoms with Gasteiger partial charge in [-0.25, -0.2) is 46.2 Å². The van der Waals surface area contributed by atoms with E-state index in [0.29, 0.717) is 4.68 Å². The average Bonchev–Trinajstić information content (AvgIpc) is 1.59. The van der Waals surface area contributed by atoms with E-state index in [-0.39, 0.29) is 86.3 Å². The van der Waals surface area contributed by atoms with Crippen molar-refractivity contribution in [2.45, 2.75) is 68.1 Å². The summed E-state index contributed by atoms with van der Waals surface area (Å²) in [5.74, 6) is -3.78. The molecule has 0 aliphatic heterocycles. The lowest BCUT2D eigenvalue weighted by Crippen LogP contribution is -2.36. The Kier molecular flexibility index (Phi) is 29.0. The van der Waals surface area contributed by atoms with Gasteiger partial charge in [-0.05, 0) is 68.7 Å². The third kappa shape index (κ3) is 24.7. The minimum Gasteiger partial charge on any atom is -0.481 e. The Balaban J connectivity index is 0.000000335. The minimum absolute atomic E-state index is 0.0424. The van der Waals surface area contributed by atoms with Crippen molar-refractivity contribution in [2.24, 2.45) is 0 Å². The van der Waals surface area contributed by atoms with Crippen LogP contribution in [-0.4, -0.2) is 177 Å². The van der Waals surface area contributed by atoms with Gasteiger partial charge in [0.05, 0.1) is 57.3 Å². The summed E-state index contributed by atoms with van der Waals surface area (Å²) in [4.78, 5) is 110. The number of hydrogen-bond acceptors (Lipinski definition) is 23. The normalized spacial score (nSPS) is 11.6. The number of pyridine rings is 1. The number of benzene rings is 2. The van der Waals surface area contributed by atoms with Crippen LogP contribution in [0.5, 0.6) is 17.8 Å². The summed E-state index contributed by atoms with van der Waals surface area (Å²) in [7, 11) is -6.09.